The van der Waals surface area contributed by atoms with E-state index in [9.17, 15) is 22.8 Å². The summed E-state index contributed by atoms with van der Waals surface area (Å²) in [6, 6.07) is 15.0. The lowest BCUT2D eigenvalue weighted by molar-refractivity contribution is -0.137. The Kier molecular flexibility index (Phi) is 10.4. The lowest BCUT2D eigenvalue weighted by atomic mass is 9.95. The number of hydrogen-bond donors (Lipinski definition) is 0. The van der Waals surface area contributed by atoms with Crippen LogP contribution in [0.1, 0.15) is 40.4 Å². The Morgan fingerprint density at radius 3 is 1.95 bits per heavy atom. The lowest BCUT2D eigenvalue weighted by Crippen LogP contribution is -2.50. The first-order valence-electron chi connectivity index (χ1n) is 14.1. The molecule has 0 atom stereocenters. The van der Waals surface area contributed by atoms with Gasteiger partial charge in [-0.15, -0.1) is 0 Å². The summed E-state index contributed by atoms with van der Waals surface area (Å²) in [5.74, 6) is 0.972. The standard InChI is InChI=1S/C33H35F3N2O6/c1-5-16-44-26-11-7-9-23(18-26)27(22-8-6-10-25(17-22)33(34,35)36)21-30(39)37-12-14-38(15-13-37)32(40)24-19-28(41-2)31(43-4)29(20-24)42-3/h6-11,17-21H,5,12-16H2,1-4H3. The van der Waals surface area contributed by atoms with E-state index in [1.54, 1.807) is 52.3 Å². The van der Waals surface area contributed by atoms with E-state index in [1.807, 2.05) is 6.92 Å². The highest BCUT2D eigenvalue weighted by atomic mass is 19.4. The van der Waals surface area contributed by atoms with Crippen LogP contribution in [-0.4, -0.2) is 75.7 Å². The first-order valence-corrected chi connectivity index (χ1v) is 14.1. The Labute approximate surface area is 254 Å². The summed E-state index contributed by atoms with van der Waals surface area (Å²) < 4.78 is 62.5. The third-order valence-corrected chi connectivity index (χ3v) is 7.18. The minimum absolute atomic E-state index is 0.237. The van der Waals surface area contributed by atoms with Crippen molar-refractivity contribution in [3.63, 3.8) is 0 Å². The minimum Gasteiger partial charge on any atom is -0.494 e. The number of ether oxygens (including phenoxy) is 4. The number of amides is 2. The number of nitrogens with zero attached hydrogens (tertiary/aromatic N) is 2. The second-order valence-electron chi connectivity index (χ2n) is 10.0. The average Bonchev–Trinajstić information content (AvgIpc) is 3.04. The van der Waals surface area contributed by atoms with E-state index in [2.05, 4.69) is 0 Å². The lowest BCUT2D eigenvalue weighted by Gasteiger charge is -2.34. The maximum absolute atomic E-state index is 13.6. The predicted molar refractivity (Wildman–Crippen MR) is 159 cm³/mol. The molecule has 1 fully saturated rings. The first kappa shape index (κ1) is 32.2. The molecule has 8 nitrogen and oxygen atoms in total. The van der Waals surface area contributed by atoms with Gasteiger partial charge in [-0.25, -0.2) is 0 Å². The van der Waals surface area contributed by atoms with Crippen LogP contribution in [0.4, 0.5) is 13.2 Å². The SMILES string of the molecule is CCCOc1cccc(C(=CC(=O)N2CCN(C(=O)c3cc(OC)c(OC)c(OC)c3)CC2)c2cccc(C(F)(F)F)c2)c1. The summed E-state index contributed by atoms with van der Waals surface area (Å²) in [4.78, 5) is 30.1. The molecule has 0 bridgehead atoms. The zero-order valence-corrected chi connectivity index (χ0v) is 25.1. The van der Waals surface area contributed by atoms with E-state index < -0.39 is 11.7 Å². The van der Waals surface area contributed by atoms with Crippen LogP contribution in [-0.2, 0) is 11.0 Å². The number of methoxy groups -OCH3 is 3. The average molecular weight is 613 g/mol. The van der Waals surface area contributed by atoms with Gasteiger partial charge in [-0.2, -0.15) is 13.2 Å². The van der Waals surface area contributed by atoms with Crippen LogP contribution in [0.2, 0.25) is 0 Å². The van der Waals surface area contributed by atoms with Gasteiger partial charge in [0.1, 0.15) is 5.75 Å². The molecule has 1 aliphatic heterocycles. The molecule has 0 saturated carbocycles. The number of carbonyl (C=O) groups is 2. The van der Waals surface area contributed by atoms with Gasteiger partial charge in [-0.1, -0.05) is 31.2 Å². The summed E-state index contributed by atoms with van der Waals surface area (Å²) in [5, 5.41) is 0. The van der Waals surface area contributed by atoms with Gasteiger partial charge in [0.25, 0.3) is 5.91 Å². The second kappa shape index (κ2) is 14.2. The highest BCUT2D eigenvalue weighted by Gasteiger charge is 2.31. The molecule has 3 aromatic rings. The van der Waals surface area contributed by atoms with E-state index in [0.717, 1.165) is 18.6 Å². The quantitative estimate of drug-likeness (QED) is 0.264. The Balaban J connectivity index is 1.58. The van der Waals surface area contributed by atoms with Crippen LogP contribution in [0.3, 0.4) is 0 Å². The summed E-state index contributed by atoms with van der Waals surface area (Å²) in [7, 11) is 4.40. The van der Waals surface area contributed by atoms with E-state index in [-0.39, 0.29) is 43.6 Å². The van der Waals surface area contributed by atoms with Crippen molar-refractivity contribution in [2.45, 2.75) is 19.5 Å². The summed E-state index contributed by atoms with van der Waals surface area (Å²) in [6.07, 6.45) is -2.41. The van der Waals surface area contributed by atoms with Crippen LogP contribution in [0.5, 0.6) is 23.0 Å². The van der Waals surface area contributed by atoms with Crippen LogP contribution < -0.4 is 18.9 Å². The fourth-order valence-corrected chi connectivity index (χ4v) is 4.90. The number of halogens is 3. The third-order valence-electron chi connectivity index (χ3n) is 7.18. The number of benzene rings is 3. The molecule has 0 aromatic heterocycles. The maximum atomic E-state index is 13.6. The van der Waals surface area contributed by atoms with Gasteiger partial charge in [0.2, 0.25) is 11.7 Å². The highest BCUT2D eigenvalue weighted by molar-refractivity contribution is 6.00. The number of carbonyl (C=O) groups excluding carboxylic acids is 2. The number of piperazine rings is 1. The zero-order chi connectivity index (χ0) is 31.9. The topological polar surface area (TPSA) is 77.5 Å². The third kappa shape index (κ3) is 7.45. The molecule has 11 heteroatoms. The van der Waals surface area contributed by atoms with Gasteiger partial charge in [0.05, 0.1) is 33.5 Å². The zero-order valence-electron chi connectivity index (χ0n) is 25.1. The molecule has 0 N–H and O–H groups in total. The largest absolute Gasteiger partial charge is 0.494 e. The van der Waals surface area contributed by atoms with Crippen LogP contribution in [0, 0.1) is 0 Å². The smallest absolute Gasteiger partial charge is 0.416 e. The van der Waals surface area contributed by atoms with E-state index in [4.69, 9.17) is 18.9 Å². The first-order chi connectivity index (χ1) is 21.1. The predicted octanol–water partition coefficient (Wildman–Crippen LogP) is 5.94. The van der Waals surface area contributed by atoms with E-state index >= 15 is 0 Å². The molecule has 1 aliphatic rings. The fourth-order valence-electron chi connectivity index (χ4n) is 4.90. The molecule has 234 valence electrons. The van der Waals surface area contributed by atoms with Crippen LogP contribution >= 0.6 is 0 Å². The van der Waals surface area contributed by atoms with Gasteiger partial charge < -0.3 is 28.7 Å². The molecule has 0 unspecified atom stereocenters. The molecule has 0 aliphatic carbocycles. The molecule has 3 aromatic carbocycles. The van der Waals surface area contributed by atoms with Crippen molar-refractivity contribution in [3.8, 4) is 23.0 Å². The van der Waals surface area contributed by atoms with Crippen molar-refractivity contribution >= 4 is 17.4 Å². The summed E-state index contributed by atoms with van der Waals surface area (Å²) in [6.45, 7) is 3.43. The molecule has 2 amide bonds. The van der Waals surface area contributed by atoms with Crippen molar-refractivity contribution in [2.75, 3.05) is 54.1 Å². The molecule has 1 saturated heterocycles. The van der Waals surface area contributed by atoms with Crippen molar-refractivity contribution in [1.29, 1.82) is 0 Å². The second-order valence-corrected chi connectivity index (χ2v) is 10.0. The monoisotopic (exact) mass is 612 g/mol. The Bertz CT molecular complexity index is 1490. The molecular weight excluding hydrogens is 577 g/mol. The molecule has 0 radical (unpaired) electrons. The van der Waals surface area contributed by atoms with Crippen molar-refractivity contribution in [2.24, 2.45) is 0 Å². The van der Waals surface area contributed by atoms with Crippen LogP contribution in [0.25, 0.3) is 5.57 Å². The minimum atomic E-state index is -4.54. The normalized spacial score (nSPS) is 13.8. The van der Waals surface area contributed by atoms with Crippen LogP contribution in [0.15, 0.2) is 66.7 Å². The Morgan fingerprint density at radius 2 is 1.39 bits per heavy atom. The van der Waals surface area contributed by atoms with E-state index in [0.29, 0.717) is 46.3 Å². The summed E-state index contributed by atoms with van der Waals surface area (Å²) >= 11 is 0. The molecule has 1 heterocycles. The van der Waals surface area contributed by atoms with Crippen molar-refractivity contribution in [1.82, 2.24) is 9.80 Å². The number of rotatable bonds is 10. The summed E-state index contributed by atoms with van der Waals surface area (Å²) in [5.41, 5.74) is 0.653. The number of hydrogen-bond acceptors (Lipinski definition) is 6. The molecular formula is C33H35F3N2O6. The molecule has 44 heavy (non-hydrogen) atoms. The molecule has 4 rings (SSSR count). The van der Waals surface area contributed by atoms with Gasteiger partial charge >= 0.3 is 6.18 Å². The van der Waals surface area contributed by atoms with Gasteiger partial charge in [-0.3, -0.25) is 9.59 Å². The van der Waals surface area contributed by atoms with Crippen molar-refractivity contribution < 1.29 is 41.7 Å². The highest BCUT2D eigenvalue weighted by Crippen LogP contribution is 2.38. The number of alkyl halides is 3. The van der Waals surface area contributed by atoms with Gasteiger partial charge in [0, 0.05) is 37.8 Å². The fraction of sp³-hybridized carbons (Fsp3) is 0.333. The Morgan fingerprint density at radius 1 is 0.795 bits per heavy atom. The Hall–Kier alpha value is -4.67. The van der Waals surface area contributed by atoms with Gasteiger partial charge in [-0.05, 0) is 59.5 Å². The maximum Gasteiger partial charge on any atom is 0.416 e. The van der Waals surface area contributed by atoms with Gasteiger partial charge in [0.15, 0.2) is 11.5 Å². The van der Waals surface area contributed by atoms with E-state index in [1.165, 1.54) is 33.5 Å². The molecule has 0 spiro atoms. The van der Waals surface area contributed by atoms with Crippen molar-refractivity contribution in [3.05, 3.63) is 89.0 Å².